The molecule has 2 bridgehead atoms. The molecule has 1 aromatic heterocycles. The molecule has 0 radical (unpaired) electrons. The normalized spacial score (nSPS) is 26.6. The molecule has 0 amide bonds. The lowest BCUT2D eigenvalue weighted by Gasteiger charge is -2.31. The number of hydrogen-bond donors (Lipinski definition) is 1. The first-order valence-electron chi connectivity index (χ1n) is 6.95. The summed E-state index contributed by atoms with van der Waals surface area (Å²) in [6, 6.07) is 3.48. The fourth-order valence-electron chi connectivity index (χ4n) is 2.82. The zero-order chi connectivity index (χ0) is 14.2. The van der Waals surface area contributed by atoms with Crippen LogP contribution >= 0.6 is 0 Å². The summed E-state index contributed by atoms with van der Waals surface area (Å²) < 4.78 is 32.7. The number of aromatic nitrogens is 1. The highest BCUT2D eigenvalue weighted by atomic mass is 32.2. The Kier molecular flexibility index (Phi) is 3.66. The summed E-state index contributed by atoms with van der Waals surface area (Å²) in [5.74, 6) is 0. The zero-order valence-electron chi connectivity index (χ0n) is 11.4. The molecule has 2 unspecified atom stereocenters. The van der Waals surface area contributed by atoms with Crippen molar-refractivity contribution in [3.8, 4) is 0 Å². The molecular formula is C13H19N3O3S. The first-order valence-corrected chi connectivity index (χ1v) is 8.39. The van der Waals surface area contributed by atoms with Crippen molar-refractivity contribution in [3.63, 3.8) is 0 Å². The molecule has 0 saturated carbocycles. The number of morpholine rings is 1. The van der Waals surface area contributed by atoms with Gasteiger partial charge < -0.3 is 10.1 Å². The van der Waals surface area contributed by atoms with Gasteiger partial charge in [-0.3, -0.25) is 0 Å². The summed E-state index contributed by atoms with van der Waals surface area (Å²) in [5, 5.41) is 3.17. The molecule has 20 heavy (non-hydrogen) atoms. The minimum Gasteiger partial charge on any atom is -0.383 e. The van der Waals surface area contributed by atoms with Gasteiger partial charge in [-0.1, -0.05) is 0 Å². The molecule has 3 heterocycles. The maximum absolute atomic E-state index is 12.8. The number of ether oxygens (including phenoxy) is 1. The van der Waals surface area contributed by atoms with E-state index in [1.165, 1.54) is 10.5 Å². The van der Waals surface area contributed by atoms with Gasteiger partial charge in [0.25, 0.3) is 10.0 Å². The van der Waals surface area contributed by atoms with E-state index in [4.69, 9.17) is 4.74 Å². The van der Waals surface area contributed by atoms with E-state index in [1.54, 1.807) is 12.1 Å². The topological polar surface area (TPSA) is 71.5 Å². The molecule has 6 nitrogen and oxygen atoms in total. The van der Waals surface area contributed by atoms with Crippen LogP contribution in [0.4, 0.5) is 5.69 Å². The average Bonchev–Trinajstić information content (AvgIpc) is 2.78. The van der Waals surface area contributed by atoms with Gasteiger partial charge >= 0.3 is 0 Å². The largest absolute Gasteiger partial charge is 0.383 e. The van der Waals surface area contributed by atoms with Crippen LogP contribution in [0.2, 0.25) is 0 Å². The van der Waals surface area contributed by atoms with E-state index < -0.39 is 10.0 Å². The van der Waals surface area contributed by atoms with Crippen molar-refractivity contribution >= 4 is 15.7 Å². The molecule has 110 valence electrons. The third-order valence-electron chi connectivity index (χ3n) is 3.73. The molecule has 0 aliphatic carbocycles. The summed E-state index contributed by atoms with van der Waals surface area (Å²) >= 11 is 0. The van der Waals surface area contributed by atoms with Crippen LogP contribution in [0.3, 0.4) is 0 Å². The maximum Gasteiger partial charge on any atom is 0.262 e. The number of fused-ring (bicyclic) bond motifs is 2. The van der Waals surface area contributed by atoms with Crippen molar-refractivity contribution in [1.82, 2.24) is 9.29 Å². The molecule has 2 atom stereocenters. The Morgan fingerprint density at radius 3 is 2.75 bits per heavy atom. The summed E-state index contributed by atoms with van der Waals surface area (Å²) in [6.45, 7) is 3.45. The summed E-state index contributed by atoms with van der Waals surface area (Å²) in [4.78, 5) is 4.08. The predicted octanol–water partition coefficient (Wildman–Crippen LogP) is 1.07. The van der Waals surface area contributed by atoms with E-state index in [2.05, 4.69) is 10.3 Å². The van der Waals surface area contributed by atoms with E-state index in [9.17, 15) is 8.42 Å². The van der Waals surface area contributed by atoms with Gasteiger partial charge in [-0.15, -0.1) is 0 Å². The smallest absolute Gasteiger partial charge is 0.262 e. The fraction of sp³-hybridized carbons (Fsp3) is 0.615. The highest BCUT2D eigenvalue weighted by molar-refractivity contribution is 7.89. The van der Waals surface area contributed by atoms with E-state index in [0.29, 0.717) is 25.3 Å². The SMILES string of the molecule is CCNc1cccnc1S(=O)(=O)N1CC2CCC(C1)O2. The van der Waals surface area contributed by atoms with Crippen LogP contribution in [-0.4, -0.2) is 49.5 Å². The number of nitrogens with zero attached hydrogens (tertiary/aromatic N) is 2. The maximum atomic E-state index is 12.8. The molecule has 7 heteroatoms. The fourth-order valence-corrected chi connectivity index (χ4v) is 4.40. The minimum atomic E-state index is -3.56. The quantitative estimate of drug-likeness (QED) is 0.900. The summed E-state index contributed by atoms with van der Waals surface area (Å²) in [6.07, 6.45) is 3.48. The predicted molar refractivity (Wildman–Crippen MR) is 75.1 cm³/mol. The Balaban J connectivity index is 1.92. The molecule has 2 aliphatic heterocycles. The highest BCUT2D eigenvalue weighted by Gasteiger charge is 2.40. The van der Waals surface area contributed by atoms with Gasteiger partial charge in [0.2, 0.25) is 0 Å². The van der Waals surface area contributed by atoms with Gasteiger partial charge in [0, 0.05) is 25.8 Å². The van der Waals surface area contributed by atoms with Crippen LogP contribution in [0.25, 0.3) is 0 Å². The van der Waals surface area contributed by atoms with Crippen LogP contribution in [0.5, 0.6) is 0 Å². The molecule has 3 rings (SSSR count). The van der Waals surface area contributed by atoms with Crippen molar-refractivity contribution in [2.75, 3.05) is 25.0 Å². The number of rotatable bonds is 4. The third-order valence-corrected chi connectivity index (χ3v) is 5.52. The number of anilines is 1. The molecule has 0 aromatic carbocycles. The Morgan fingerprint density at radius 2 is 2.10 bits per heavy atom. The van der Waals surface area contributed by atoms with E-state index in [0.717, 1.165) is 12.8 Å². The lowest BCUT2D eigenvalue weighted by atomic mass is 10.2. The zero-order valence-corrected chi connectivity index (χ0v) is 12.3. The second-order valence-corrected chi connectivity index (χ2v) is 7.02. The summed E-state index contributed by atoms with van der Waals surface area (Å²) in [7, 11) is -3.56. The van der Waals surface area contributed by atoms with Crippen LogP contribution in [0.15, 0.2) is 23.4 Å². The van der Waals surface area contributed by atoms with Crippen molar-refractivity contribution in [2.45, 2.75) is 37.0 Å². The monoisotopic (exact) mass is 297 g/mol. The minimum absolute atomic E-state index is 0.0369. The number of pyridine rings is 1. The first-order chi connectivity index (χ1) is 9.61. The Labute approximate surface area is 119 Å². The van der Waals surface area contributed by atoms with Crippen LogP contribution in [-0.2, 0) is 14.8 Å². The standard InChI is InChI=1S/C13H19N3O3S/c1-2-14-12-4-3-7-15-13(12)20(17,18)16-8-10-5-6-11(9-16)19-10/h3-4,7,10-11,14H,2,5-6,8-9H2,1H3. The van der Waals surface area contributed by atoms with Crippen molar-refractivity contribution in [1.29, 1.82) is 0 Å². The number of nitrogens with one attached hydrogen (secondary N) is 1. The Hall–Kier alpha value is -1.18. The second kappa shape index (κ2) is 5.31. The lowest BCUT2D eigenvalue weighted by molar-refractivity contribution is -0.0115. The molecule has 1 aromatic rings. The highest BCUT2D eigenvalue weighted by Crippen LogP contribution is 2.31. The molecule has 1 N–H and O–H groups in total. The Morgan fingerprint density at radius 1 is 1.40 bits per heavy atom. The van der Waals surface area contributed by atoms with E-state index in [-0.39, 0.29) is 17.2 Å². The first kappa shape index (κ1) is 13.8. The number of sulfonamides is 1. The van der Waals surface area contributed by atoms with Gasteiger partial charge in [-0.25, -0.2) is 13.4 Å². The molecule has 0 spiro atoms. The summed E-state index contributed by atoms with van der Waals surface area (Å²) in [5.41, 5.74) is 0.564. The van der Waals surface area contributed by atoms with Crippen molar-refractivity contribution < 1.29 is 13.2 Å². The van der Waals surface area contributed by atoms with Gasteiger partial charge in [0.1, 0.15) is 0 Å². The van der Waals surface area contributed by atoms with Gasteiger partial charge in [0.05, 0.1) is 17.9 Å². The number of hydrogen-bond acceptors (Lipinski definition) is 5. The molecular weight excluding hydrogens is 278 g/mol. The van der Waals surface area contributed by atoms with Crippen LogP contribution < -0.4 is 5.32 Å². The van der Waals surface area contributed by atoms with E-state index >= 15 is 0 Å². The molecule has 2 aliphatic rings. The van der Waals surface area contributed by atoms with Gasteiger partial charge in [-0.2, -0.15) is 4.31 Å². The lowest BCUT2D eigenvalue weighted by Crippen LogP contribution is -2.46. The van der Waals surface area contributed by atoms with Crippen LogP contribution in [0.1, 0.15) is 19.8 Å². The van der Waals surface area contributed by atoms with Gasteiger partial charge in [0.15, 0.2) is 5.03 Å². The van der Waals surface area contributed by atoms with E-state index in [1.807, 2.05) is 6.92 Å². The third kappa shape index (κ3) is 2.41. The molecule has 2 saturated heterocycles. The average molecular weight is 297 g/mol. The van der Waals surface area contributed by atoms with Gasteiger partial charge in [-0.05, 0) is 31.9 Å². The Bertz CT molecular complexity index is 578. The second-order valence-electron chi connectivity index (χ2n) is 5.17. The van der Waals surface area contributed by atoms with Crippen LogP contribution in [0, 0.1) is 0 Å². The van der Waals surface area contributed by atoms with Crippen molar-refractivity contribution in [3.05, 3.63) is 18.3 Å². The van der Waals surface area contributed by atoms with Crippen molar-refractivity contribution in [2.24, 2.45) is 0 Å². The molecule has 2 fully saturated rings.